The van der Waals surface area contributed by atoms with Crippen molar-refractivity contribution in [3.05, 3.63) is 27.4 Å². The Balaban J connectivity index is 3.45. The van der Waals surface area contributed by atoms with E-state index in [0.717, 1.165) is 0 Å². The van der Waals surface area contributed by atoms with Crippen molar-refractivity contribution >= 4 is 5.97 Å². The van der Waals surface area contributed by atoms with Crippen molar-refractivity contribution in [2.45, 2.75) is 20.3 Å². The fourth-order valence-electron chi connectivity index (χ4n) is 1.67. The van der Waals surface area contributed by atoms with Gasteiger partial charge in [-0.2, -0.15) is 4.98 Å². The molecule has 1 N–H and O–H groups in total. The molecule has 0 unspecified atom stereocenters. The lowest BCUT2D eigenvalue weighted by molar-refractivity contribution is -0.136. The molecule has 0 fully saturated rings. The predicted octanol–water partition coefficient (Wildman–Crippen LogP) is -0.315. The van der Waals surface area contributed by atoms with E-state index in [4.69, 9.17) is 5.11 Å². The minimum Gasteiger partial charge on any atom is -0.481 e. The number of carboxylic acid groups (broad SMARTS) is 1. The smallest absolute Gasteiger partial charge is 0.366 e. The highest BCUT2D eigenvalue weighted by Gasteiger charge is 2.14. The van der Waals surface area contributed by atoms with Crippen molar-refractivity contribution < 1.29 is 9.90 Å². The van der Waals surface area contributed by atoms with Gasteiger partial charge < -0.3 is 10.1 Å². The molecule has 6 heteroatoms. The predicted molar refractivity (Wildman–Crippen MR) is 59.4 cm³/mol. The number of rotatable bonds is 3. The Morgan fingerprint density at radius 1 is 1.44 bits per heavy atom. The second-order valence-corrected chi connectivity index (χ2v) is 3.77. The zero-order valence-electron chi connectivity index (χ0n) is 9.81. The molecule has 0 aliphatic rings. The van der Waals surface area contributed by atoms with Crippen molar-refractivity contribution in [2.24, 2.45) is 0 Å². The molecule has 88 valence electrons. The lowest BCUT2D eigenvalue weighted by Gasteiger charge is -2.20. The molecule has 1 aromatic rings. The molecular formula is C10H15N3O3. The van der Waals surface area contributed by atoms with Gasteiger partial charge in [0.15, 0.2) is 0 Å². The summed E-state index contributed by atoms with van der Waals surface area (Å²) in [5.74, 6) is -0.933. The van der Waals surface area contributed by atoms with Gasteiger partial charge in [0.25, 0.3) is 0 Å². The number of aromatic nitrogens is 2. The van der Waals surface area contributed by atoms with E-state index in [2.05, 4.69) is 4.98 Å². The second kappa shape index (κ2) is 4.34. The largest absolute Gasteiger partial charge is 0.481 e. The van der Waals surface area contributed by atoms with Crippen LogP contribution in [-0.2, 0) is 11.2 Å². The first kappa shape index (κ1) is 12.2. The zero-order valence-corrected chi connectivity index (χ0v) is 9.81. The standard InChI is InChI=1S/C10H15N3O3/c1-6-8(5-9(14)15)7(2)13(12(3)4)10(16)11-6/h5H2,1-4H3,(H,14,15). The average Bonchev–Trinajstić information content (AvgIpc) is 2.10. The normalized spacial score (nSPS) is 10.2. The van der Waals surface area contributed by atoms with Crippen LogP contribution in [0, 0.1) is 13.8 Å². The lowest BCUT2D eigenvalue weighted by Crippen LogP contribution is -2.40. The van der Waals surface area contributed by atoms with E-state index in [0.29, 0.717) is 17.0 Å². The molecule has 0 bridgehead atoms. The molecule has 1 heterocycles. The summed E-state index contributed by atoms with van der Waals surface area (Å²) in [7, 11) is 3.41. The molecule has 0 atom stereocenters. The van der Waals surface area contributed by atoms with Crippen molar-refractivity contribution in [1.29, 1.82) is 0 Å². The average molecular weight is 225 g/mol. The van der Waals surface area contributed by atoms with E-state index >= 15 is 0 Å². The summed E-state index contributed by atoms with van der Waals surface area (Å²) in [5.41, 5.74) is 1.28. The maximum absolute atomic E-state index is 11.6. The third-order valence-electron chi connectivity index (χ3n) is 2.36. The number of carboxylic acids is 1. The summed E-state index contributed by atoms with van der Waals surface area (Å²) < 4.78 is 1.35. The molecule has 0 amide bonds. The van der Waals surface area contributed by atoms with Crippen molar-refractivity contribution in [2.75, 3.05) is 19.1 Å². The van der Waals surface area contributed by atoms with Crippen LogP contribution in [0.5, 0.6) is 0 Å². The molecule has 6 nitrogen and oxygen atoms in total. The molecule has 0 aliphatic heterocycles. The van der Waals surface area contributed by atoms with Gasteiger partial charge in [0.1, 0.15) is 0 Å². The molecule has 1 aromatic heterocycles. The van der Waals surface area contributed by atoms with Crippen molar-refractivity contribution in [3.8, 4) is 0 Å². The van der Waals surface area contributed by atoms with Crippen LogP contribution in [0.2, 0.25) is 0 Å². The van der Waals surface area contributed by atoms with Crippen LogP contribution < -0.4 is 10.7 Å². The highest BCUT2D eigenvalue weighted by atomic mass is 16.4. The number of aryl methyl sites for hydroxylation is 1. The minimum absolute atomic E-state index is 0.126. The summed E-state index contributed by atoms with van der Waals surface area (Å²) in [4.78, 5) is 26.1. The van der Waals surface area contributed by atoms with Gasteiger partial charge >= 0.3 is 11.7 Å². The Morgan fingerprint density at radius 3 is 2.44 bits per heavy atom. The molecular weight excluding hydrogens is 210 g/mol. The van der Waals surface area contributed by atoms with E-state index < -0.39 is 11.7 Å². The molecule has 0 aromatic carbocycles. The van der Waals surface area contributed by atoms with Crippen LogP contribution in [0.1, 0.15) is 17.0 Å². The second-order valence-electron chi connectivity index (χ2n) is 3.77. The highest BCUT2D eigenvalue weighted by Crippen LogP contribution is 2.09. The van der Waals surface area contributed by atoms with Crippen LogP contribution in [0.15, 0.2) is 4.79 Å². The summed E-state index contributed by atoms with van der Waals surface area (Å²) in [6.45, 7) is 3.36. The van der Waals surface area contributed by atoms with E-state index in [1.54, 1.807) is 33.0 Å². The summed E-state index contributed by atoms with van der Waals surface area (Å²) in [5, 5.41) is 10.4. The van der Waals surface area contributed by atoms with Gasteiger partial charge in [-0.15, -0.1) is 0 Å². The summed E-state index contributed by atoms with van der Waals surface area (Å²) in [6, 6.07) is 0. The monoisotopic (exact) mass is 225 g/mol. The van der Waals surface area contributed by atoms with Gasteiger partial charge in [-0.3, -0.25) is 4.79 Å². The van der Waals surface area contributed by atoms with Gasteiger partial charge in [0.05, 0.1) is 6.42 Å². The van der Waals surface area contributed by atoms with Crippen LogP contribution in [0.3, 0.4) is 0 Å². The zero-order chi connectivity index (χ0) is 12.5. The number of carbonyl (C=O) groups is 1. The molecule has 0 saturated heterocycles. The quantitative estimate of drug-likeness (QED) is 0.763. The maximum Gasteiger partial charge on any atom is 0.366 e. The SMILES string of the molecule is Cc1nc(=O)n(N(C)C)c(C)c1CC(=O)O. The summed E-state index contributed by atoms with van der Waals surface area (Å²) in [6.07, 6.45) is -0.126. The molecule has 1 rings (SSSR count). The van der Waals surface area contributed by atoms with E-state index in [9.17, 15) is 9.59 Å². The van der Waals surface area contributed by atoms with Gasteiger partial charge in [0, 0.05) is 31.0 Å². The Labute approximate surface area is 93.1 Å². The highest BCUT2D eigenvalue weighted by molar-refractivity contribution is 5.70. The third kappa shape index (κ3) is 2.21. The fourth-order valence-corrected chi connectivity index (χ4v) is 1.67. The topological polar surface area (TPSA) is 75.4 Å². The number of hydrogen-bond donors (Lipinski definition) is 1. The van der Waals surface area contributed by atoms with Crippen LogP contribution >= 0.6 is 0 Å². The van der Waals surface area contributed by atoms with E-state index in [1.165, 1.54) is 4.68 Å². The lowest BCUT2D eigenvalue weighted by atomic mass is 10.1. The Bertz CT molecular complexity index is 477. The van der Waals surface area contributed by atoms with Crippen LogP contribution in [0.25, 0.3) is 0 Å². The van der Waals surface area contributed by atoms with Gasteiger partial charge in [-0.05, 0) is 13.8 Å². The fraction of sp³-hybridized carbons (Fsp3) is 0.500. The van der Waals surface area contributed by atoms with Crippen LogP contribution in [0.4, 0.5) is 0 Å². The Morgan fingerprint density at radius 2 is 2.00 bits per heavy atom. The number of nitrogens with zero attached hydrogens (tertiary/aromatic N) is 3. The molecule has 0 saturated carbocycles. The van der Waals surface area contributed by atoms with Crippen molar-refractivity contribution in [3.63, 3.8) is 0 Å². The third-order valence-corrected chi connectivity index (χ3v) is 2.36. The number of hydrogen-bond acceptors (Lipinski definition) is 4. The first-order chi connectivity index (χ1) is 7.34. The summed E-state index contributed by atoms with van der Waals surface area (Å²) >= 11 is 0. The first-order valence-electron chi connectivity index (χ1n) is 4.83. The maximum atomic E-state index is 11.6. The van der Waals surface area contributed by atoms with Gasteiger partial charge in [-0.25, -0.2) is 9.47 Å². The number of aliphatic carboxylic acids is 1. The minimum atomic E-state index is -0.933. The Kier molecular flexibility index (Phi) is 3.31. The van der Waals surface area contributed by atoms with Crippen LogP contribution in [-0.4, -0.2) is 34.8 Å². The van der Waals surface area contributed by atoms with Gasteiger partial charge in [0.2, 0.25) is 0 Å². The molecule has 0 aliphatic carbocycles. The molecule has 0 spiro atoms. The van der Waals surface area contributed by atoms with E-state index in [1.807, 2.05) is 0 Å². The Hall–Kier alpha value is -1.85. The molecule has 16 heavy (non-hydrogen) atoms. The first-order valence-corrected chi connectivity index (χ1v) is 4.83. The van der Waals surface area contributed by atoms with Gasteiger partial charge in [-0.1, -0.05) is 0 Å². The van der Waals surface area contributed by atoms with E-state index in [-0.39, 0.29) is 6.42 Å². The van der Waals surface area contributed by atoms with Crippen molar-refractivity contribution in [1.82, 2.24) is 9.66 Å². The molecule has 0 radical (unpaired) electrons.